The van der Waals surface area contributed by atoms with Gasteiger partial charge < -0.3 is 15.0 Å². The second-order valence-electron chi connectivity index (χ2n) is 11.1. The topological polar surface area (TPSA) is 88.4 Å². The van der Waals surface area contributed by atoms with Crippen LogP contribution in [-0.2, 0) is 28.7 Å². The molecule has 210 valence electrons. The highest BCUT2D eigenvalue weighted by Crippen LogP contribution is 2.48. The average molecular weight is 553 g/mol. The van der Waals surface area contributed by atoms with Crippen LogP contribution in [0.25, 0.3) is 0 Å². The van der Waals surface area contributed by atoms with Gasteiger partial charge in [0.15, 0.2) is 0 Å². The predicted molar refractivity (Wildman–Crippen MR) is 144 cm³/mol. The minimum Gasteiger partial charge on any atom is -0.481 e. The van der Waals surface area contributed by atoms with Crippen LogP contribution in [0.5, 0.6) is 0 Å². The molecule has 2 N–H and O–H groups in total. The number of hydrogen-bond donors (Lipinski definition) is 2. The lowest BCUT2D eigenvalue weighted by molar-refractivity contribution is -0.143. The zero-order valence-electron chi connectivity index (χ0n) is 21.9. The number of carbonyl (C=O) groups is 2. The maximum atomic E-state index is 13.6. The predicted octanol–water partition coefficient (Wildman–Crippen LogP) is 6.24. The summed E-state index contributed by atoms with van der Waals surface area (Å²) in [7, 11) is 0. The van der Waals surface area contributed by atoms with Crippen LogP contribution in [0.2, 0.25) is 0 Å². The molecule has 1 aromatic heterocycles. The number of carboxylic acids is 1. The molecular formula is C31H31F3N2O4. The van der Waals surface area contributed by atoms with E-state index in [-0.39, 0.29) is 18.4 Å². The molecule has 0 saturated heterocycles. The average Bonchev–Trinajstić information content (AvgIpc) is 3.49. The number of halogens is 3. The monoisotopic (exact) mass is 552 g/mol. The standard InChI is InChI=1S/C31H31F3N2O4/c32-31(33,34)24-12-13-26(37)36(19-24)18-20-8-10-23(11-9-20)27(22-5-1-2-6-22)28(38)35-25-7-3-4-21(16-25)17-30(14-15-30)29(39)40/h3-4,7-13,16,19,22,27H,1-2,5-6,14-15,17-18H2,(H,35,38)(H,39,40)/t27-/m0/s1. The third kappa shape index (κ3) is 6.13. The third-order valence-corrected chi connectivity index (χ3v) is 8.20. The number of pyridine rings is 1. The molecule has 40 heavy (non-hydrogen) atoms. The van der Waals surface area contributed by atoms with Crippen molar-refractivity contribution in [2.45, 2.75) is 63.6 Å². The Morgan fingerprint density at radius 1 is 1.00 bits per heavy atom. The molecule has 1 amide bonds. The highest BCUT2D eigenvalue weighted by molar-refractivity contribution is 5.96. The third-order valence-electron chi connectivity index (χ3n) is 8.20. The first-order valence-corrected chi connectivity index (χ1v) is 13.5. The molecular weight excluding hydrogens is 521 g/mol. The molecule has 0 radical (unpaired) electrons. The number of carbonyl (C=O) groups excluding carboxylic acids is 1. The van der Waals surface area contributed by atoms with E-state index >= 15 is 0 Å². The van der Waals surface area contributed by atoms with Gasteiger partial charge in [0.1, 0.15) is 0 Å². The molecule has 1 heterocycles. The van der Waals surface area contributed by atoms with Gasteiger partial charge in [-0.25, -0.2) is 0 Å². The zero-order chi connectivity index (χ0) is 28.5. The van der Waals surface area contributed by atoms with Gasteiger partial charge in [-0.1, -0.05) is 49.2 Å². The van der Waals surface area contributed by atoms with Gasteiger partial charge in [-0.2, -0.15) is 13.2 Å². The van der Waals surface area contributed by atoms with E-state index in [4.69, 9.17) is 0 Å². The lowest BCUT2D eigenvalue weighted by Crippen LogP contribution is -2.26. The second kappa shape index (κ2) is 10.9. The van der Waals surface area contributed by atoms with Crippen molar-refractivity contribution in [2.75, 3.05) is 5.32 Å². The fourth-order valence-electron chi connectivity index (χ4n) is 5.76. The summed E-state index contributed by atoms with van der Waals surface area (Å²) < 4.78 is 40.4. The molecule has 3 aromatic rings. The Hall–Kier alpha value is -3.88. The van der Waals surface area contributed by atoms with Crippen LogP contribution in [0, 0.1) is 11.3 Å². The van der Waals surface area contributed by atoms with Gasteiger partial charge in [-0.3, -0.25) is 14.4 Å². The molecule has 6 nitrogen and oxygen atoms in total. The van der Waals surface area contributed by atoms with Crippen LogP contribution < -0.4 is 10.9 Å². The number of aliphatic carboxylic acids is 1. The molecule has 2 aliphatic rings. The number of anilines is 1. The Balaban J connectivity index is 1.33. The molecule has 0 unspecified atom stereocenters. The number of amides is 1. The Morgan fingerprint density at radius 2 is 1.70 bits per heavy atom. The Kier molecular flexibility index (Phi) is 7.57. The number of alkyl halides is 3. The normalized spacial score (nSPS) is 17.4. The van der Waals surface area contributed by atoms with E-state index in [1.54, 1.807) is 18.2 Å². The van der Waals surface area contributed by atoms with Gasteiger partial charge in [-0.05, 0) is 72.9 Å². The van der Waals surface area contributed by atoms with E-state index in [9.17, 15) is 32.7 Å². The van der Waals surface area contributed by atoms with Crippen LogP contribution in [0.4, 0.5) is 18.9 Å². The summed E-state index contributed by atoms with van der Waals surface area (Å²) in [6, 6.07) is 16.1. The number of nitrogens with one attached hydrogen (secondary N) is 1. The summed E-state index contributed by atoms with van der Waals surface area (Å²) in [6.07, 6.45) is 1.92. The molecule has 2 aromatic carbocycles. The number of nitrogens with zero attached hydrogens (tertiary/aromatic N) is 1. The fourth-order valence-corrected chi connectivity index (χ4v) is 5.76. The van der Waals surface area contributed by atoms with E-state index in [1.165, 1.54) is 0 Å². The number of carboxylic acid groups (broad SMARTS) is 1. The van der Waals surface area contributed by atoms with Crippen molar-refractivity contribution < 1.29 is 27.9 Å². The lowest BCUT2D eigenvalue weighted by Gasteiger charge is -2.24. The van der Waals surface area contributed by atoms with Crippen LogP contribution in [0.1, 0.15) is 66.7 Å². The van der Waals surface area contributed by atoms with Crippen LogP contribution in [-0.4, -0.2) is 21.6 Å². The largest absolute Gasteiger partial charge is 0.481 e. The van der Waals surface area contributed by atoms with Crippen molar-refractivity contribution in [3.8, 4) is 0 Å². The summed E-state index contributed by atoms with van der Waals surface area (Å²) in [5, 5.41) is 12.6. The van der Waals surface area contributed by atoms with Crippen LogP contribution >= 0.6 is 0 Å². The van der Waals surface area contributed by atoms with Crippen molar-refractivity contribution in [1.29, 1.82) is 0 Å². The van der Waals surface area contributed by atoms with Gasteiger partial charge in [0.05, 0.1) is 23.4 Å². The molecule has 0 aliphatic heterocycles. The van der Waals surface area contributed by atoms with E-state index in [2.05, 4.69) is 5.32 Å². The van der Waals surface area contributed by atoms with E-state index in [1.807, 2.05) is 30.3 Å². The van der Waals surface area contributed by atoms with Crippen molar-refractivity contribution >= 4 is 17.6 Å². The maximum absolute atomic E-state index is 13.6. The smallest absolute Gasteiger partial charge is 0.417 e. The van der Waals surface area contributed by atoms with E-state index in [0.717, 1.165) is 59.7 Å². The Bertz CT molecular complexity index is 1450. The first-order valence-electron chi connectivity index (χ1n) is 13.5. The van der Waals surface area contributed by atoms with Crippen molar-refractivity contribution in [1.82, 2.24) is 4.57 Å². The quantitative estimate of drug-likeness (QED) is 0.329. The molecule has 9 heteroatoms. The molecule has 2 saturated carbocycles. The second-order valence-corrected chi connectivity index (χ2v) is 11.1. The Morgan fingerprint density at radius 3 is 2.33 bits per heavy atom. The van der Waals surface area contributed by atoms with Crippen molar-refractivity contribution in [2.24, 2.45) is 11.3 Å². The first kappa shape index (κ1) is 27.7. The zero-order valence-corrected chi connectivity index (χ0v) is 21.9. The molecule has 1 atom stereocenters. The summed E-state index contributed by atoms with van der Waals surface area (Å²) >= 11 is 0. The molecule has 0 bridgehead atoms. The van der Waals surface area contributed by atoms with Gasteiger partial charge >= 0.3 is 12.1 Å². The number of benzene rings is 2. The van der Waals surface area contributed by atoms with E-state index in [0.29, 0.717) is 30.5 Å². The van der Waals surface area contributed by atoms with Crippen LogP contribution in [0.3, 0.4) is 0 Å². The fraction of sp³-hybridized carbons (Fsp3) is 0.387. The molecule has 0 spiro atoms. The van der Waals surface area contributed by atoms with Gasteiger partial charge in [0.25, 0.3) is 5.56 Å². The van der Waals surface area contributed by atoms with Crippen molar-refractivity contribution in [3.63, 3.8) is 0 Å². The Labute approximate surface area is 229 Å². The number of aromatic nitrogens is 1. The van der Waals surface area contributed by atoms with Gasteiger partial charge in [0, 0.05) is 18.0 Å². The SMILES string of the molecule is O=C(Nc1cccc(CC2(C(=O)O)CC2)c1)[C@H](c1ccc(Cn2cc(C(F)(F)F)ccc2=O)cc1)C1CCCC1. The first-order chi connectivity index (χ1) is 19.0. The van der Waals surface area contributed by atoms with Gasteiger partial charge in [0.2, 0.25) is 5.91 Å². The number of rotatable bonds is 9. The molecule has 2 fully saturated rings. The minimum absolute atomic E-state index is 0.0199. The summed E-state index contributed by atoms with van der Waals surface area (Å²) in [4.78, 5) is 37.4. The minimum atomic E-state index is -4.55. The van der Waals surface area contributed by atoms with E-state index < -0.39 is 34.6 Å². The number of hydrogen-bond acceptors (Lipinski definition) is 3. The summed E-state index contributed by atoms with van der Waals surface area (Å²) in [5.74, 6) is -1.19. The summed E-state index contributed by atoms with van der Waals surface area (Å²) in [5.41, 5.74) is 0.825. The highest BCUT2D eigenvalue weighted by Gasteiger charge is 2.50. The lowest BCUT2D eigenvalue weighted by atomic mass is 9.83. The maximum Gasteiger partial charge on any atom is 0.417 e. The van der Waals surface area contributed by atoms with Crippen LogP contribution in [0.15, 0.2) is 71.7 Å². The van der Waals surface area contributed by atoms with Gasteiger partial charge in [-0.15, -0.1) is 0 Å². The molecule has 5 rings (SSSR count). The highest BCUT2D eigenvalue weighted by atomic mass is 19.4. The van der Waals surface area contributed by atoms with Crippen molar-refractivity contribution in [3.05, 3.63) is 99.5 Å². The molecule has 2 aliphatic carbocycles. The summed E-state index contributed by atoms with van der Waals surface area (Å²) in [6.45, 7) is -0.0199.